The highest BCUT2D eigenvalue weighted by molar-refractivity contribution is 6.26. The number of rotatable bonds is 4. The van der Waals surface area contributed by atoms with Crippen LogP contribution < -0.4 is 4.90 Å². The normalized spacial score (nSPS) is 12.0. The summed E-state index contributed by atoms with van der Waals surface area (Å²) in [5.74, 6) is 1.92. The molecule has 0 atom stereocenters. The molecule has 0 spiro atoms. The molecule has 0 fully saturated rings. The van der Waals surface area contributed by atoms with Gasteiger partial charge in [-0.25, -0.2) is 0 Å². The van der Waals surface area contributed by atoms with Crippen LogP contribution in [0.1, 0.15) is 25.3 Å². The zero-order valence-corrected chi connectivity index (χ0v) is 16.9. The van der Waals surface area contributed by atoms with Crippen LogP contribution in [0.2, 0.25) is 0 Å². The largest absolute Gasteiger partial charge is 0.448 e. The molecule has 6 rings (SSSR count). The summed E-state index contributed by atoms with van der Waals surface area (Å²) in [5, 5.41) is 7.64. The van der Waals surface area contributed by atoms with Crippen molar-refractivity contribution in [2.24, 2.45) is 0 Å². The lowest BCUT2D eigenvalue weighted by Crippen LogP contribution is -2.08. The maximum atomic E-state index is 5.78. The third-order valence-electron chi connectivity index (χ3n) is 5.99. The van der Waals surface area contributed by atoms with E-state index in [2.05, 4.69) is 62.4 Å². The van der Waals surface area contributed by atoms with Gasteiger partial charge in [-0.05, 0) is 56.6 Å². The fourth-order valence-electron chi connectivity index (χ4n) is 4.65. The molecular formula is C27H21NO2. The van der Waals surface area contributed by atoms with E-state index in [0.717, 1.165) is 17.5 Å². The van der Waals surface area contributed by atoms with E-state index in [4.69, 9.17) is 8.83 Å². The van der Waals surface area contributed by atoms with Gasteiger partial charge in [0.2, 0.25) is 11.8 Å². The number of benzene rings is 4. The average molecular weight is 391 g/mol. The first-order valence-electron chi connectivity index (χ1n) is 10.3. The Labute approximate surface area is 174 Å². The highest BCUT2D eigenvalue weighted by Gasteiger charge is 2.21. The van der Waals surface area contributed by atoms with E-state index < -0.39 is 0 Å². The molecule has 3 nitrogen and oxygen atoms in total. The van der Waals surface area contributed by atoms with Crippen LogP contribution in [0.3, 0.4) is 0 Å². The maximum absolute atomic E-state index is 5.78. The maximum Gasteiger partial charge on any atom is 0.206 e. The first-order chi connectivity index (χ1) is 14.7. The van der Waals surface area contributed by atoms with Crippen LogP contribution in [0.25, 0.3) is 32.3 Å². The number of furan rings is 2. The van der Waals surface area contributed by atoms with Gasteiger partial charge >= 0.3 is 0 Å². The molecule has 3 heteroatoms. The van der Waals surface area contributed by atoms with Crippen molar-refractivity contribution in [3.63, 3.8) is 0 Å². The molecule has 0 bridgehead atoms. The second kappa shape index (κ2) is 6.39. The monoisotopic (exact) mass is 391 g/mol. The summed E-state index contributed by atoms with van der Waals surface area (Å²) in [6, 6.07) is 25.5. The minimum atomic E-state index is 0.469. The minimum Gasteiger partial charge on any atom is -0.448 e. The van der Waals surface area contributed by atoms with E-state index in [1.807, 2.05) is 29.2 Å². The van der Waals surface area contributed by atoms with Crippen molar-refractivity contribution in [3.8, 4) is 0 Å². The second-order valence-corrected chi connectivity index (χ2v) is 8.05. The van der Waals surface area contributed by atoms with Crippen LogP contribution in [0, 0.1) is 0 Å². The summed E-state index contributed by atoms with van der Waals surface area (Å²) in [6.07, 6.45) is 3.38. The van der Waals surface area contributed by atoms with E-state index in [0.29, 0.717) is 5.92 Å². The molecule has 0 aliphatic carbocycles. The van der Waals surface area contributed by atoms with Gasteiger partial charge in [0.25, 0.3) is 0 Å². The average Bonchev–Trinajstić information content (AvgIpc) is 3.48. The smallest absolute Gasteiger partial charge is 0.206 e. The summed E-state index contributed by atoms with van der Waals surface area (Å²) in [7, 11) is 0. The van der Waals surface area contributed by atoms with Gasteiger partial charge in [0, 0.05) is 17.5 Å². The van der Waals surface area contributed by atoms with Crippen molar-refractivity contribution < 1.29 is 8.83 Å². The molecule has 0 aliphatic rings. The number of nitrogens with zero attached hydrogens (tertiary/aromatic N) is 1. The Morgan fingerprint density at radius 2 is 1.20 bits per heavy atom. The number of anilines is 3. The summed E-state index contributed by atoms with van der Waals surface area (Å²) in [4.78, 5) is 2.04. The Morgan fingerprint density at radius 1 is 0.633 bits per heavy atom. The van der Waals surface area contributed by atoms with Crippen LogP contribution in [-0.2, 0) is 0 Å². The van der Waals surface area contributed by atoms with Crippen LogP contribution in [0.4, 0.5) is 17.5 Å². The topological polar surface area (TPSA) is 29.5 Å². The Kier molecular flexibility index (Phi) is 3.66. The van der Waals surface area contributed by atoms with Crippen LogP contribution in [-0.4, -0.2) is 0 Å². The highest BCUT2D eigenvalue weighted by atomic mass is 16.4. The van der Waals surface area contributed by atoms with Gasteiger partial charge in [0.15, 0.2) is 0 Å². The molecule has 6 aromatic rings. The van der Waals surface area contributed by atoms with Gasteiger partial charge < -0.3 is 8.83 Å². The quantitative estimate of drug-likeness (QED) is 0.283. The summed E-state index contributed by atoms with van der Waals surface area (Å²) < 4.78 is 11.6. The Bertz CT molecular complexity index is 1430. The highest BCUT2D eigenvalue weighted by Crippen LogP contribution is 2.44. The van der Waals surface area contributed by atoms with Crippen molar-refractivity contribution in [1.82, 2.24) is 0 Å². The molecule has 0 amide bonds. The fourth-order valence-corrected chi connectivity index (χ4v) is 4.65. The molecule has 30 heavy (non-hydrogen) atoms. The molecule has 0 unspecified atom stereocenters. The van der Waals surface area contributed by atoms with E-state index in [1.165, 1.54) is 37.9 Å². The number of hydrogen-bond acceptors (Lipinski definition) is 3. The second-order valence-electron chi connectivity index (χ2n) is 8.05. The Hall–Kier alpha value is -3.72. The standard InChI is InChI=1S/C27H21NO2/c1-17(2)20-11-7-18-9-13-22-23(14-10-19-8-12-21(20)26(18)27(19)22)28(24-5-3-15-29-24)25-6-4-16-30-25/h3-17H,1-2H3. The first-order valence-corrected chi connectivity index (χ1v) is 10.3. The zero-order valence-electron chi connectivity index (χ0n) is 16.9. The lowest BCUT2D eigenvalue weighted by Gasteiger charge is -2.23. The van der Waals surface area contributed by atoms with Crippen molar-refractivity contribution in [2.75, 3.05) is 4.90 Å². The Morgan fingerprint density at radius 3 is 1.80 bits per heavy atom. The molecule has 0 radical (unpaired) electrons. The van der Waals surface area contributed by atoms with Gasteiger partial charge in [-0.3, -0.25) is 4.90 Å². The summed E-state index contributed by atoms with van der Waals surface area (Å²) in [5.41, 5.74) is 2.42. The van der Waals surface area contributed by atoms with Crippen LogP contribution >= 0.6 is 0 Å². The predicted octanol–water partition coefficient (Wildman–Crippen LogP) is 8.36. The molecule has 4 aromatic carbocycles. The molecule has 0 saturated heterocycles. The summed E-state index contributed by atoms with van der Waals surface area (Å²) in [6.45, 7) is 4.51. The molecule has 2 aromatic heterocycles. The van der Waals surface area contributed by atoms with Crippen molar-refractivity contribution in [3.05, 3.63) is 90.9 Å². The molecule has 0 N–H and O–H groups in total. The summed E-state index contributed by atoms with van der Waals surface area (Å²) >= 11 is 0. The molecule has 146 valence electrons. The third-order valence-corrected chi connectivity index (χ3v) is 5.99. The lowest BCUT2D eigenvalue weighted by atomic mass is 9.88. The third kappa shape index (κ3) is 2.38. The van der Waals surface area contributed by atoms with Gasteiger partial charge in [-0.1, -0.05) is 56.3 Å². The SMILES string of the molecule is CC(C)c1ccc2ccc3c(N(c4ccco4)c4ccco4)ccc4ccc1c2c43. The minimum absolute atomic E-state index is 0.469. The Balaban J connectivity index is 1.73. The van der Waals surface area contributed by atoms with Gasteiger partial charge in [0.05, 0.1) is 18.2 Å². The van der Waals surface area contributed by atoms with Crippen LogP contribution in [0.5, 0.6) is 0 Å². The van der Waals surface area contributed by atoms with E-state index in [-0.39, 0.29) is 0 Å². The lowest BCUT2D eigenvalue weighted by molar-refractivity contribution is 0.540. The van der Waals surface area contributed by atoms with E-state index in [9.17, 15) is 0 Å². The van der Waals surface area contributed by atoms with E-state index in [1.54, 1.807) is 12.5 Å². The van der Waals surface area contributed by atoms with Crippen molar-refractivity contribution in [1.29, 1.82) is 0 Å². The number of hydrogen-bond donors (Lipinski definition) is 0. The molecule has 0 saturated carbocycles. The van der Waals surface area contributed by atoms with Crippen molar-refractivity contribution in [2.45, 2.75) is 19.8 Å². The first kappa shape index (κ1) is 17.2. The van der Waals surface area contributed by atoms with Crippen LogP contribution in [0.15, 0.2) is 94.2 Å². The van der Waals surface area contributed by atoms with Gasteiger partial charge in [-0.2, -0.15) is 0 Å². The fraction of sp³-hybridized carbons (Fsp3) is 0.111. The predicted molar refractivity (Wildman–Crippen MR) is 123 cm³/mol. The van der Waals surface area contributed by atoms with E-state index >= 15 is 0 Å². The molecule has 0 aliphatic heterocycles. The van der Waals surface area contributed by atoms with Gasteiger partial charge in [0.1, 0.15) is 0 Å². The van der Waals surface area contributed by atoms with Gasteiger partial charge in [-0.15, -0.1) is 0 Å². The zero-order chi connectivity index (χ0) is 20.2. The molecular weight excluding hydrogens is 370 g/mol. The van der Waals surface area contributed by atoms with Crippen molar-refractivity contribution >= 4 is 49.8 Å². The molecule has 2 heterocycles.